The van der Waals surface area contributed by atoms with Crippen LogP contribution in [0.1, 0.15) is 19.3 Å². The molecule has 0 atom stereocenters. The number of hydrogen-bond donors (Lipinski definition) is 1. The van der Waals surface area contributed by atoms with E-state index in [1.54, 1.807) is 24.3 Å². The van der Waals surface area contributed by atoms with Crippen molar-refractivity contribution in [2.75, 3.05) is 46.1 Å². The van der Waals surface area contributed by atoms with Crippen molar-refractivity contribution in [1.29, 1.82) is 0 Å². The summed E-state index contributed by atoms with van der Waals surface area (Å²) < 4.78 is 28.5. The fourth-order valence-corrected chi connectivity index (χ4v) is 3.53. The zero-order chi connectivity index (χ0) is 16.7. The third-order valence-electron chi connectivity index (χ3n) is 4.23. The molecular weight excluding hydrogens is 312 g/mol. The Kier molecular flexibility index (Phi) is 6.87. The second-order valence-electron chi connectivity index (χ2n) is 6.40. The van der Waals surface area contributed by atoms with Gasteiger partial charge in [-0.2, -0.15) is 0 Å². The van der Waals surface area contributed by atoms with Gasteiger partial charge in [-0.15, -0.1) is 0 Å². The summed E-state index contributed by atoms with van der Waals surface area (Å²) in [5.74, 6) is 1.53. The topological polar surface area (TPSA) is 58.6 Å². The molecule has 5 nitrogen and oxygen atoms in total. The normalized spacial score (nSPS) is 16.7. The summed E-state index contributed by atoms with van der Waals surface area (Å²) >= 11 is 0. The molecule has 1 heterocycles. The van der Waals surface area contributed by atoms with E-state index in [1.807, 2.05) is 0 Å². The number of rotatable bonds is 8. The molecule has 1 aliphatic rings. The molecule has 0 radical (unpaired) electrons. The van der Waals surface area contributed by atoms with Gasteiger partial charge in [0.1, 0.15) is 5.75 Å². The molecule has 1 aromatic rings. The van der Waals surface area contributed by atoms with Gasteiger partial charge in [-0.05, 0) is 69.6 Å². The zero-order valence-corrected chi connectivity index (χ0v) is 14.9. The summed E-state index contributed by atoms with van der Waals surface area (Å²) in [6.45, 7) is 5.11. The summed E-state index contributed by atoms with van der Waals surface area (Å²) in [7, 11) is -0.967. The standard InChI is InChI=1S/C17H28N2O3S/c1-19(14-15-8-10-18-11-9-15)12-3-13-22-16-4-6-17(7-5-16)23(2,20)21/h4-7,15,18H,3,8-14H2,1-2H3. The quantitative estimate of drug-likeness (QED) is 0.731. The number of nitrogens with zero attached hydrogens (tertiary/aromatic N) is 1. The Bertz CT molecular complexity index is 566. The molecule has 1 aromatic carbocycles. The highest BCUT2D eigenvalue weighted by molar-refractivity contribution is 7.90. The molecule has 0 spiro atoms. The Morgan fingerprint density at radius 1 is 1.22 bits per heavy atom. The molecule has 0 saturated carbocycles. The van der Waals surface area contributed by atoms with Gasteiger partial charge in [0.05, 0.1) is 11.5 Å². The Hall–Kier alpha value is -1.11. The van der Waals surface area contributed by atoms with Crippen molar-refractivity contribution in [2.24, 2.45) is 5.92 Å². The van der Waals surface area contributed by atoms with Crippen LogP contribution < -0.4 is 10.1 Å². The van der Waals surface area contributed by atoms with Crippen molar-refractivity contribution < 1.29 is 13.2 Å². The van der Waals surface area contributed by atoms with Crippen LogP contribution in [-0.2, 0) is 9.84 Å². The van der Waals surface area contributed by atoms with Gasteiger partial charge < -0.3 is 15.0 Å². The first-order valence-electron chi connectivity index (χ1n) is 8.27. The lowest BCUT2D eigenvalue weighted by atomic mass is 9.98. The Morgan fingerprint density at radius 2 is 1.87 bits per heavy atom. The summed E-state index contributed by atoms with van der Waals surface area (Å²) in [6, 6.07) is 6.62. The van der Waals surface area contributed by atoms with Crippen molar-refractivity contribution in [3.63, 3.8) is 0 Å². The van der Waals surface area contributed by atoms with Gasteiger partial charge in [-0.25, -0.2) is 8.42 Å². The molecule has 6 heteroatoms. The van der Waals surface area contributed by atoms with Crippen LogP contribution in [0.3, 0.4) is 0 Å². The lowest BCUT2D eigenvalue weighted by molar-refractivity contribution is 0.218. The first-order valence-corrected chi connectivity index (χ1v) is 10.2. The largest absolute Gasteiger partial charge is 0.494 e. The van der Waals surface area contributed by atoms with E-state index < -0.39 is 9.84 Å². The van der Waals surface area contributed by atoms with Crippen molar-refractivity contribution >= 4 is 9.84 Å². The van der Waals surface area contributed by atoms with Crippen LogP contribution in [0, 0.1) is 5.92 Å². The van der Waals surface area contributed by atoms with E-state index in [0.717, 1.165) is 44.3 Å². The van der Waals surface area contributed by atoms with Crippen LogP contribution in [0.2, 0.25) is 0 Å². The van der Waals surface area contributed by atoms with E-state index in [4.69, 9.17) is 4.74 Å². The monoisotopic (exact) mass is 340 g/mol. The van der Waals surface area contributed by atoms with E-state index in [0.29, 0.717) is 11.5 Å². The highest BCUT2D eigenvalue weighted by atomic mass is 32.2. The molecule has 0 unspecified atom stereocenters. The van der Waals surface area contributed by atoms with Gasteiger partial charge in [0.15, 0.2) is 9.84 Å². The lowest BCUT2D eigenvalue weighted by Crippen LogP contribution is -2.35. The summed E-state index contributed by atoms with van der Waals surface area (Å²) in [5.41, 5.74) is 0. The van der Waals surface area contributed by atoms with Gasteiger partial charge in [0.25, 0.3) is 0 Å². The molecule has 1 N–H and O–H groups in total. The maximum atomic E-state index is 11.4. The van der Waals surface area contributed by atoms with E-state index in [2.05, 4.69) is 17.3 Å². The second-order valence-corrected chi connectivity index (χ2v) is 8.42. The summed E-state index contributed by atoms with van der Waals surface area (Å²) in [6.07, 6.45) is 4.72. The van der Waals surface area contributed by atoms with Crippen molar-refractivity contribution in [2.45, 2.75) is 24.2 Å². The second kappa shape index (κ2) is 8.66. The van der Waals surface area contributed by atoms with Gasteiger partial charge in [-0.3, -0.25) is 0 Å². The average molecular weight is 340 g/mol. The molecule has 1 fully saturated rings. The molecule has 0 aromatic heterocycles. The molecule has 0 bridgehead atoms. The number of ether oxygens (including phenoxy) is 1. The first kappa shape index (κ1) is 18.2. The average Bonchev–Trinajstić information content (AvgIpc) is 2.52. The molecule has 130 valence electrons. The number of sulfone groups is 1. The van der Waals surface area contributed by atoms with Gasteiger partial charge in [-0.1, -0.05) is 0 Å². The Morgan fingerprint density at radius 3 is 2.48 bits per heavy atom. The van der Waals surface area contributed by atoms with Crippen LogP contribution in [0.15, 0.2) is 29.2 Å². The Balaban J connectivity index is 1.64. The third-order valence-corrected chi connectivity index (χ3v) is 5.36. The van der Waals surface area contributed by atoms with E-state index >= 15 is 0 Å². The van der Waals surface area contributed by atoms with Crippen LogP contribution in [0.5, 0.6) is 5.75 Å². The third kappa shape index (κ3) is 6.49. The Labute approximate surface area is 139 Å². The fraction of sp³-hybridized carbons (Fsp3) is 0.647. The van der Waals surface area contributed by atoms with E-state index in [1.165, 1.54) is 19.1 Å². The molecule has 0 amide bonds. The maximum Gasteiger partial charge on any atom is 0.175 e. The van der Waals surface area contributed by atoms with Crippen molar-refractivity contribution in [3.05, 3.63) is 24.3 Å². The molecule has 1 aliphatic heterocycles. The van der Waals surface area contributed by atoms with E-state index in [-0.39, 0.29) is 0 Å². The van der Waals surface area contributed by atoms with Crippen LogP contribution in [-0.4, -0.2) is 59.4 Å². The summed E-state index contributed by atoms with van der Waals surface area (Å²) in [4.78, 5) is 2.71. The zero-order valence-electron chi connectivity index (χ0n) is 14.1. The number of nitrogens with one attached hydrogen (secondary N) is 1. The van der Waals surface area contributed by atoms with Gasteiger partial charge >= 0.3 is 0 Å². The van der Waals surface area contributed by atoms with Gasteiger partial charge in [0.2, 0.25) is 0 Å². The highest BCUT2D eigenvalue weighted by Crippen LogP contribution is 2.16. The molecular formula is C17H28N2O3S. The fourth-order valence-electron chi connectivity index (χ4n) is 2.90. The minimum absolute atomic E-state index is 0.326. The van der Waals surface area contributed by atoms with Crippen molar-refractivity contribution in [1.82, 2.24) is 10.2 Å². The smallest absolute Gasteiger partial charge is 0.175 e. The highest BCUT2D eigenvalue weighted by Gasteiger charge is 2.14. The van der Waals surface area contributed by atoms with Crippen LogP contribution in [0.4, 0.5) is 0 Å². The lowest BCUT2D eigenvalue weighted by Gasteiger charge is -2.27. The first-order chi connectivity index (χ1) is 10.9. The molecule has 0 aliphatic carbocycles. The van der Waals surface area contributed by atoms with Gasteiger partial charge in [0, 0.05) is 19.3 Å². The number of piperidine rings is 1. The minimum atomic E-state index is -3.14. The predicted molar refractivity (Wildman–Crippen MR) is 92.8 cm³/mol. The van der Waals surface area contributed by atoms with E-state index in [9.17, 15) is 8.42 Å². The number of hydrogen-bond acceptors (Lipinski definition) is 5. The SMILES string of the molecule is CN(CCCOc1ccc(S(C)(=O)=O)cc1)CC1CCNCC1. The van der Waals surface area contributed by atoms with Crippen LogP contribution in [0.25, 0.3) is 0 Å². The molecule has 23 heavy (non-hydrogen) atoms. The van der Waals surface area contributed by atoms with Crippen molar-refractivity contribution in [3.8, 4) is 5.75 Å². The number of benzene rings is 1. The summed E-state index contributed by atoms with van der Waals surface area (Å²) in [5, 5.41) is 3.40. The minimum Gasteiger partial charge on any atom is -0.494 e. The molecule has 1 saturated heterocycles. The van der Waals surface area contributed by atoms with Crippen LogP contribution >= 0.6 is 0 Å². The molecule has 2 rings (SSSR count). The maximum absolute atomic E-state index is 11.4. The predicted octanol–water partition coefficient (Wildman–Crippen LogP) is 1.79.